The van der Waals surface area contributed by atoms with Crippen molar-refractivity contribution in [1.82, 2.24) is 0 Å². The minimum atomic E-state index is -1.69. The van der Waals surface area contributed by atoms with Crippen molar-refractivity contribution in [2.45, 2.75) is 67.8 Å². The molecule has 3 aliphatic carbocycles. The summed E-state index contributed by atoms with van der Waals surface area (Å²) in [5.74, 6) is -2.00. The van der Waals surface area contributed by atoms with E-state index in [4.69, 9.17) is 18.9 Å². The predicted molar refractivity (Wildman–Crippen MR) is 110 cm³/mol. The highest BCUT2D eigenvalue weighted by atomic mass is 16.7. The Morgan fingerprint density at radius 1 is 1.09 bits per heavy atom. The van der Waals surface area contributed by atoms with Gasteiger partial charge in [0.25, 0.3) is 0 Å². The summed E-state index contributed by atoms with van der Waals surface area (Å²) in [5.41, 5.74) is -4.08. The smallest absolute Gasteiger partial charge is 0.338 e. The zero-order valence-corrected chi connectivity index (χ0v) is 18.4. The summed E-state index contributed by atoms with van der Waals surface area (Å²) in [6.07, 6.45) is -8.41. The van der Waals surface area contributed by atoms with Gasteiger partial charge in [-0.25, -0.2) is 4.79 Å². The van der Waals surface area contributed by atoms with Crippen molar-refractivity contribution in [2.75, 3.05) is 13.2 Å². The van der Waals surface area contributed by atoms with E-state index in [9.17, 15) is 35.1 Å². The summed E-state index contributed by atoms with van der Waals surface area (Å²) in [4.78, 5) is 25.9. The van der Waals surface area contributed by atoms with Gasteiger partial charge in [0.1, 0.15) is 47.6 Å². The molecule has 2 heterocycles. The average molecular weight is 480 g/mol. The fourth-order valence-electron chi connectivity index (χ4n) is 6.19. The van der Waals surface area contributed by atoms with E-state index in [1.54, 1.807) is 37.3 Å². The summed E-state index contributed by atoms with van der Waals surface area (Å²) in [6.45, 7) is 0.508. The minimum absolute atomic E-state index is 0.0508. The third-order valence-corrected chi connectivity index (χ3v) is 8.07. The molecule has 1 aromatic carbocycles. The van der Waals surface area contributed by atoms with Crippen molar-refractivity contribution in [3.05, 3.63) is 35.9 Å². The molecule has 5 aliphatic rings. The first-order chi connectivity index (χ1) is 16.1. The van der Waals surface area contributed by atoms with E-state index >= 15 is 0 Å². The molecule has 0 radical (unpaired) electrons. The summed E-state index contributed by atoms with van der Waals surface area (Å²) in [5, 5.41) is 51.0. The van der Waals surface area contributed by atoms with Gasteiger partial charge >= 0.3 is 11.9 Å². The Labute approximate surface area is 194 Å². The maximum Gasteiger partial charge on any atom is 0.338 e. The zero-order chi connectivity index (χ0) is 24.5. The molecule has 0 amide bonds. The quantitative estimate of drug-likeness (QED) is 0.300. The maximum atomic E-state index is 13.2. The van der Waals surface area contributed by atoms with Crippen molar-refractivity contribution >= 4 is 11.9 Å². The van der Waals surface area contributed by atoms with Crippen molar-refractivity contribution in [3.63, 3.8) is 0 Å². The van der Waals surface area contributed by atoms with Crippen LogP contribution in [0.5, 0.6) is 0 Å². The molecule has 34 heavy (non-hydrogen) atoms. The van der Waals surface area contributed by atoms with Crippen LogP contribution in [0.3, 0.4) is 0 Å². The molecule has 0 unspecified atom stereocenters. The molecule has 2 aliphatic heterocycles. The molecule has 186 valence electrons. The Kier molecular flexibility index (Phi) is 5.52. The standard InChI is InChI=1S/C23H28O11/c1-21-8-13(25)12-7-23(21,33-19-17(28)16(27)15(26)14(9-24)32-19)22(12,20(30)34-21)10-31-18(29)11-5-3-2-4-6-11/h2-6,12-17,19,24-28H,7-10H2,1H3/t12-,13+,14-,15-,16+,17-,19+,21-,22-,23-/m0/s1. The normalized spacial score (nSPS) is 47.0. The first-order valence-electron chi connectivity index (χ1n) is 11.2. The molecule has 5 fully saturated rings. The average Bonchev–Trinajstić information content (AvgIpc) is 2.88. The lowest BCUT2D eigenvalue weighted by Gasteiger charge is -2.66. The molecule has 10 atom stereocenters. The van der Waals surface area contributed by atoms with Gasteiger partial charge in [-0.3, -0.25) is 4.79 Å². The highest BCUT2D eigenvalue weighted by Crippen LogP contribution is 2.73. The molecule has 5 N–H and O–H groups in total. The molecule has 4 bridgehead atoms. The number of esters is 2. The van der Waals surface area contributed by atoms with E-state index in [-0.39, 0.29) is 18.4 Å². The third kappa shape index (κ3) is 2.95. The summed E-state index contributed by atoms with van der Waals surface area (Å²) in [7, 11) is 0. The van der Waals surface area contributed by atoms with Gasteiger partial charge in [-0.1, -0.05) is 18.2 Å². The number of benzene rings is 1. The van der Waals surface area contributed by atoms with Crippen LogP contribution < -0.4 is 0 Å². The fraction of sp³-hybridized carbons (Fsp3) is 0.652. The molecular formula is C23H28O11. The van der Waals surface area contributed by atoms with Crippen LogP contribution >= 0.6 is 0 Å². The first kappa shape index (κ1) is 23.6. The number of rotatable bonds is 6. The Morgan fingerprint density at radius 3 is 2.47 bits per heavy atom. The Bertz CT molecular complexity index is 969. The van der Waals surface area contributed by atoms with Crippen LogP contribution in [-0.2, 0) is 23.7 Å². The number of hydrogen-bond acceptors (Lipinski definition) is 11. The van der Waals surface area contributed by atoms with Gasteiger partial charge in [-0.15, -0.1) is 0 Å². The number of fused-ring (bicyclic) bond motifs is 1. The fourth-order valence-corrected chi connectivity index (χ4v) is 6.19. The number of aliphatic hydroxyl groups excluding tert-OH is 5. The van der Waals surface area contributed by atoms with Crippen LogP contribution in [0.4, 0.5) is 0 Å². The topological polar surface area (TPSA) is 172 Å². The number of ether oxygens (including phenoxy) is 4. The van der Waals surface area contributed by atoms with E-state index in [0.29, 0.717) is 0 Å². The molecule has 3 saturated carbocycles. The summed E-state index contributed by atoms with van der Waals surface area (Å²) < 4.78 is 22.9. The molecule has 11 nitrogen and oxygen atoms in total. The molecule has 2 saturated heterocycles. The van der Waals surface area contributed by atoms with Gasteiger partial charge in [-0.2, -0.15) is 0 Å². The van der Waals surface area contributed by atoms with E-state index in [1.807, 2.05) is 0 Å². The predicted octanol–water partition coefficient (Wildman–Crippen LogP) is -1.51. The molecular weight excluding hydrogens is 452 g/mol. The molecule has 1 aromatic rings. The van der Waals surface area contributed by atoms with Gasteiger partial charge in [0.05, 0.1) is 18.3 Å². The maximum absolute atomic E-state index is 13.2. The first-order valence-corrected chi connectivity index (χ1v) is 11.2. The third-order valence-electron chi connectivity index (χ3n) is 8.07. The highest BCUT2D eigenvalue weighted by Gasteiger charge is 2.88. The van der Waals surface area contributed by atoms with Gasteiger partial charge in [0, 0.05) is 12.3 Å². The van der Waals surface area contributed by atoms with E-state index in [2.05, 4.69) is 0 Å². The number of carbonyl (C=O) groups is 2. The van der Waals surface area contributed by atoms with Gasteiger partial charge < -0.3 is 44.5 Å². The number of aliphatic hydroxyl groups is 5. The van der Waals surface area contributed by atoms with Crippen LogP contribution in [0.25, 0.3) is 0 Å². The van der Waals surface area contributed by atoms with Gasteiger partial charge in [-0.05, 0) is 25.5 Å². The Balaban J connectivity index is 1.46. The molecule has 11 heteroatoms. The van der Waals surface area contributed by atoms with Crippen LogP contribution in [0.1, 0.15) is 30.1 Å². The van der Waals surface area contributed by atoms with Crippen molar-refractivity contribution < 1.29 is 54.1 Å². The Morgan fingerprint density at radius 2 is 1.79 bits per heavy atom. The molecule has 6 rings (SSSR count). The summed E-state index contributed by atoms with van der Waals surface area (Å²) >= 11 is 0. The lowest BCUT2D eigenvalue weighted by Crippen LogP contribution is -2.80. The zero-order valence-electron chi connectivity index (χ0n) is 18.4. The van der Waals surface area contributed by atoms with Crippen LogP contribution in [0, 0.1) is 11.3 Å². The highest BCUT2D eigenvalue weighted by molar-refractivity contribution is 5.90. The van der Waals surface area contributed by atoms with Crippen LogP contribution in [0.2, 0.25) is 0 Å². The van der Waals surface area contributed by atoms with Crippen molar-refractivity contribution in [2.24, 2.45) is 11.3 Å². The van der Waals surface area contributed by atoms with E-state index in [1.165, 1.54) is 0 Å². The van der Waals surface area contributed by atoms with Crippen LogP contribution in [-0.4, -0.2) is 98.7 Å². The second kappa shape index (κ2) is 7.95. The lowest BCUT2D eigenvalue weighted by molar-refractivity contribution is -0.394. The second-order valence-electron chi connectivity index (χ2n) is 9.76. The molecule has 0 aromatic heterocycles. The Hall–Kier alpha value is -2.12. The SMILES string of the molecule is C[C@]12C[C@@H](O)[C@@H]3C[C@@]1(O[C@H]1O[C@@H](CO)[C@H](O)[C@@H](O)[C@@H]1O)[C@]3(COC(=O)c1ccccc1)C(=O)O2. The second-order valence-corrected chi connectivity index (χ2v) is 9.76. The monoisotopic (exact) mass is 480 g/mol. The molecule has 0 spiro atoms. The number of hydrogen-bond donors (Lipinski definition) is 5. The van der Waals surface area contributed by atoms with Crippen molar-refractivity contribution in [1.29, 1.82) is 0 Å². The van der Waals surface area contributed by atoms with Crippen LogP contribution in [0.15, 0.2) is 30.3 Å². The van der Waals surface area contributed by atoms with Gasteiger partial charge in [0.2, 0.25) is 0 Å². The lowest BCUT2D eigenvalue weighted by atomic mass is 9.40. The summed E-state index contributed by atoms with van der Waals surface area (Å²) in [6, 6.07) is 8.20. The van der Waals surface area contributed by atoms with Gasteiger partial charge in [0.15, 0.2) is 6.29 Å². The number of carbonyl (C=O) groups excluding carboxylic acids is 2. The van der Waals surface area contributed by atoms with Crippen molar-refractivity contribution in [3.8, 4) is 0 Å². The minimum Gasteiger partial charge on any atom is -0.461 e. The van der Waals surface area contributed by atoms with E-state index in [0.717, 1.165) is 0 Å². The largest absolute Gasteiger partial charge is 0.461 e. The van der Waals surface area contributed by atoms with E-state index < -0.39 is 84.5 Å².